The van der Waals surface area contributed by atoms with E-state index < -0.39 is 0 Å². The Balaban J connectivity index is 2.16. The zero-order chi connectivity index (χ0) is 11.5. The Bertz CT molecular complexity index is 410. The van der Waals surface area contributed by atoms with E-state index in [0.29, 0.717) is 11.6 Å². The summed E-state index contributed by atoms with van der Waals surface area (Å²) in [5.74, 6) is 0.577. The van der Waals surface area contributed by atoms with E-state index in [2.05, 4.69) is 22.9 Å². The lowest BCUT2D eigenvalue weighted by molar-refractivity contribution is 0.379. The van der Waals surface area contributed by atoms with Crippen LogP contribution in [0.2, 0.25) is 0 Å². The molecule has 4 heteroatoms. The van der Waals surface area contributed by atoms with Gasteiger partial charge in [0.25, 0.3) is 0 Å². The fourth-order valence-corrected chi connectivity index (χ4v) is 2.01. The molecule has 1 aliphatic heterocycles. The summed E-state index contributed by atoms with van der Waals surface area (Å²) < 4.78 is 0. The van der Waals surface area contributed by atoms with Crippen LogP contribution in [0, 0.1) is 17.2 Å². The lowest BCUT2D eigenvalue weighted by atomic mass is 9.94. The molecule has 2 heterocycles. The third-order valence-electron chi connectivity index (χ3n) is 3.24. The molecule has 84 valence electrons. The summed E-state index contributed by atoms with van der Waals surface area (Å²) in [4.78, 5) is 6.20. The normalized spacial score (nSPS) is 25.2. The fraction of sp³-hybridized carbons (Fsp3) is 0.500. The number of nitrogens with zero attached hydrogens (tertiary/aromatic N) is 3. The van der Waals surface area contributed by atoms with Crippen LogP contribution >= 0.6 is 0 Å². The van der Waals surface area contributed by atoms with Crippen molar-refractivity contribution in [3.8, 4) is 6.07 Å². The van der Waals surface area contributed by atoms with Crippen molar-refractivity contribution in [2.24, 2.45) is 11.7 Å². The van der Waals surface area contributed by atoms with Crippen molar-refractivity contribution in [3.05, 3.63) is 24.0 Å². The zero-order valence-corrected chi connectivity index (χ0v) is 9.43. The number of pyridine rings is 1. The first-order valence-corrected chi connectivity index (χ1v) is 5.57. The van der Waals surface area contributed by atoms with Crippen LogP contribution in [0.15, 0.2) is 18.3 Å². The largest absolute Gasteiger partial charge is 0.370 e. The quantitative estimate of drug-likeness (QED) is 0.764. The molecule has 16 heavy (non-hydrogen) atoms. The Hall–Kier alpha value is -1.60. The summed E-state index contributed by atoms with van der Waals surface area (Å²) in [5, 5.41) is 8.80. The maximum atomic E-state index is 8.80. The minimum Gasteiger partial charge on any atom is -0.370 e. The molecule has 0 radical (unpaired) electrons. The number of anilines is 1. The summed E-state index contributed by atoms with van der Waals surface area (Å²) in [6.07, 6.45) is 2.78. The molecule has 1 aromatic rings. The summed E-state index contributed by atoms with van der Waals surface area (Å²) in [7, 11) is 0. The molecule has 0 bridgehead atoms. The van der Waals surface area contributed by atoms with Crippen LogP contribution in [0.5, 0.6) is 0 Å². The molecule has 2 unspecified atom stereocenters. The highest BCUT2D eigenvalue weighted by molar-refractivity contribution is 5.49. The summed E-state index contributed by atoms with van der Waals surface area (Å²) in [5.41, 5.74) is 7.57. The molecule has 0 aromatic carbocycles. The van der Waals surface area contributed by atoms with Crippen molar-refractivity contribution < 1.29 is 0 Å². The monoisotopic (exact) mass is 216 g/mol. The second-order valence-electron chi connectivity index (χ2n) is 4.39. The first kappa shape index (κ1) is 10.9. The van der Waals surface area contributed by atoms with Crippen LogP contribution in [-0.4, -0.2) is 24.1 Å². The smallest absolute Gasteiger partial charge is 0.142 e. The number of nitriles is 1. The average Bonchev–Trinajstić information content (AvgIpc) is 2.33. The van der Waals surface area contributed by atoms with Gasteiger partial charge in [-0.3, -0.25) is 0 Å². The van der Waals surface area contributed by atoms with Crippen LogP contribution in [0.1, 0.15) is 19.0 Å². The van der Waals surface area contributed by atoms with Crippen molar-refractivity contribution in [2.75, 3.05) is 18.0 Å². The molecular formula is C12H16N4. The highest BCUT2D eigenvalue weighted by atomic mass is 15.2. The zero-order valence-electron chi connectivity index (χ0n) is 9.43. The van der Waals surface area contributed by atoms with Gasteiger partial charge in [0.2, 0.25) is 0 Å². The summed E-state index contributed by atoms with van der Waals surface area (Å²) in [6, 6.07) is 6.03. The van der Waals surface area contributed by atoms with E-state index >= 15 is 0 Å². The van der Waals surface area contributed by atoms with Gasteiger partial charge in [0, 0.05) is 31.0 Å². The Morgan fingerprint density at radius 2 is 2.44 bits per heavy atom. The lowest BCUT2D eigenvalue weighted by Gasteiger charge is -2.36. The molecule has 2 atom stereocenters. The minimum atomic E-state index is 0.215. The maximum absolute atomic E-state index is 8.80. The van der Waals surface area contributed by atoms with Gasteiger partial charge in [-0.05, 0) is 24.5 Å². The number of nitrogens with two attached hydrogens (primary N) is 1. The average molecular weight is 216 g/mol. The second kappa shape index (κ2) is 4.50. The van der Waals surface area contributed by atoms with Crippen molar-refractivity contribution in [1.29, 1.82) is 5.26 Å². The molecule has 1 saturated heterocycles. The van der Waals surface area contributed by atoms with E-state index in [9.17, 15) is 0 Å². The molecule has 4 nitrogen and oxygen atoms in total. The van der Waals surface area contributed by atoms with Gasteiger partial charge in [0.05, 0.1) is 0 Å². The van der Waals surface area contributed by atoms with Crippen molar-refractivity contribution in [3.63, 3.8) is 0 Å². The van der Waals surface area contributed by atoms with Gasteiger partial charge in [-0.1, -0.05) is 6.92 Å². The predicted octanol–water partition coefficient (Wildman–Crippen LogP) is 1.13. The molecule has 0 aliphatic carbocycles. The van der Waals surface area contributed by atoms with Crippen LogP contribution in [0.3, 0.4) is 0 Å². The van der Waals surface area contributed by atoms with Gasteiger partial charge < -0.3 is 10.6 Å². The van der Waals surface area contributed by atoms with Gasteiger partial charge in [-0.15, -0.1) is 0 Å². The van der Waals surface area contributed by atoms with Gasteiger partial charge in [0.15, 0.2) is 0 Å². The first-order valence-electron chi connectivity index (χ1n) is 5.57. The van der Waals surface area contributed by atoms with E-state index in [1.54, 1.807) is 6.20 Å². The third kappa shape index (κ3) is 2.15. The Morgan fingerprint density at radius 3 is 3.12 bits per heavy atom. The number of piperidine rings is 1. The Labute approximate surface area is 95.7 Å². The van der Waals surface area contributed by atoms with E-state index in [-0.39, 0.29) is 6.04 Å². The highest BCUT2D eigenvalue weighted by Gasteiger charge is 2.23. The molecule has 2 N–H and O–H groups in total. The predicted molar refractivity (Wildman–Crippen MR) is 62.9 cm³/mol. The van der Waals surface area contributed by atoms with Gasteiger partial charge >= 0.3 is 0 Å². The van der Waals surface area contributed by atoms with Crippen LogP contribution in [0.4, 0.5) is 5.69 Å². The molecule has 1 aliphatic rings. The molecule has 2 rings (SSSR count). The third-order valence-corrected chi connectivity index (χ3v) is 3.24. The standard InChI is InChI=1S/C12H16N4/c1-9-3-5-16(8-12(9)14)11-2-4-15-10(6-11)7-13/h2,4,6,9,12H,3,5,8,14H2,1H3. The van der Waals surface area contributed by atoms with Gasteiger partial charge in [-0.25, -0.2) is 4.98 Å². The Morgan fingerprint density at radius 1 is 1.62 bits per heavy atom. The van der Waals surface area contributed by atoms with Crippen molar-refractivity contribution in [1.82, 2.24) is 4.98 Å². The molecule has 0 saturated carbocycles. The highest BCUT2D eigenvalue weighted by Crippen LogP contribution is 2.22. The van der Waals surface area contributed by atoms with E-state index in [1.165, 1.54) is 0 Å². The summed E-state index contributed by atoms with van der Waals surface area (Å²) in [6.45, 7) is 4.05. The van der Waals surface area contributed by atoms with Gasteiger partial charge in [0.1, 0.15) is 11.8 Å². The van der Waals surface area contributed by atoms with E-state index in [0.717, 1.165) is 25.2 Å². The molecule has 1 fully saturated rings. The molecule has 1 aromatic heterocycles. The maximum Gasteiger partial charge on any atom is 0.142 e. The van der Waals surface area contributed by atoms with Crippen LogP contribution < -0.4 is 10.6 Å². The fourth-order valence-electron chi connectivity index (χ4n) is 2.01. The molecular weight excluding hydrogens is 200 g/mol. The van der Waals surface area contributed by atoms with Crippen molar-refractivity contribution >= 4 is 5.69 Å². The topological polar surface area (TPSA) is 65.9 Å². The first-order chi connectivity index (χ1) is 7.70. The number of hydrogen-bond acceptors (Lipinski definition) is 4. The second-order valence-corrected chi connectivity index (χ2v) is 4.39. The Kier molecular flexibility index (Phi) is 3.07. The van der Waals surface area contributed by atoms with Gasteiger partial charge in [-0.2, -0.15) is 5.26 Å². The number of rotatable bonds is 1. The van der Waals surface area contributed by atoms with E-state index in [4.69, 9.17) is 11.0 Å². The molecule has 0 amide bonds. The van der Waals surface area contributed by atoms with Crippen molar-refractivity contribution in [2.45, 2.75) is 19.4 Å². The molecule has 0 spiro atoms. The van der Waals surface area contributed by atoms with E-state index in [1.807, 2.05) is 12.1 Å². The number of hydrogen-bond donors (Lipinski definition) is 1. The minimum absolute atomic E-state index is 0.215. The van der Waals surface area contributed by atoms with Crippen LogP contribution in [-0.2, 0) is 0 Å². The lowest BCUT2D eigenvalue weighted by Crippen LogP contribution is -2.47. The SMILES string of the molecule is CC1CCN(c2ccnc(C#N)c2)CC1N. The number of aromatic nitrogens is 1. The summed E-state index contributed by atoms with van der Waals surface area (Å²) >= 11 is 0. The van der Waals surface area contributed by atoms with Crippen LogP contribution in [0.25, 0.3) is 0 Å².